The number of aryl methyl sites for hydroxylation is 1. The van der Waals surface area contributed by atoms with Gasteiger partial charge in [-0.05, 0) is 42.9 Å². The van der Waals surface area contributed by atoms with Crippen LogP contribution in [0.5, 0.6) is 0 Å². The maximum atomic E-state index is 11.3. The first-order chi connectivity index (χ1) is 8.00. The average molecular weight is 254 g/mol. The predicted molar refractivity (Wildman–Crippen MR) is 63.8 cm³/mol. The second-order valence-electron chi connectivity index (χ2n) is 4.39. The summed E-state index contributed by atoms with van der Waals surface area (Å²) in [6.07, 6.45) is 3.15. The molecule has 1 aromatic carbocycles. The van der Waals surface area contributed by atoms with E-state index in [2.05, 4.69) is 0 Å². The molecule has 0 aromatic heterocycles. The number of hydrogen-bond donors (Lipinski definition) is 2. The van der Waals surface area contributed by atoms with E-state index in [1.165, 1.54) is 6.07 Å². The Bertz CT molecular complexity index is 492. The van der Waals surface area contributed by atoms with Crippen molar-refractivity contribution in [3.05, 3.63) is 28.8 Å². The molecule has 17 heavy (non-hydrogen) atoms. The molecule has 0 bridgehead atoms. The van der Waals surface area contributed by atoms with E-state index in [1.54, 1.807) is 13.0 Å². The third kappa shape index (κ3) is 2.25. The topological polar surface area (TPSA) is 74.6 Å². The third-order valence-electron chi connectivity index (χ3n) is 3.32. The van der Waals surface area contributed by atoms with E-state index < -0.39 is 17.0 Å². The minimum atomic E-state index is -2.13. The van der Waals surface area contributed by atoms with Crippen LogP contribution in [0.3, 0.4) is 0 Å². The maximum absolute atomic E-state index is 11.3. The van der Waals surface area contributed by atoms with Crippen LogP contribution in [0.4, 0.5) is 0 Å². The van der Waals surface area contributed by atoms with Gasteiger partial charge < -0.3 is 9.66 Å². The zero-order chi connectivity index (χ0) is 12.6. The second-order valence-corrected chi connectivity index (χ2v) is 5.33. The van der Waals surface area contributed by atoms with Gasteiger partial charge in [0.1, 0.15) is 0 Å². The molecule has 4 nitrogen and oxygen atoms in total. The molecule has 0 spiro atoms. The molecule has 1 aliphatic carbocycles. The summed E-state index contributed by atoms with van der Waals surface area (Å²) in [5.41, 5.74) is 1.58. The van der Waals surface area contributed by atoms with Crippen molar-refractivity contribution in [2.45, 2.75) is 37.0 Å². The Morgan fingerprint density at radius 3 is 2.47 bits per heavy atom. The first-order valence-electron chi connectivity index (χ1n) is 5.49. The first kappa shape index (κ1) is 12.3. The van der Waals surface area contributed by atoms with Crippen LogP contribution < -0.4 is 0 Å². The fourth-order valence-corrected chi connectivity index (χ4v) is 2.78. The summed E-state index contributed by atoms with van der Waals surface area (Å²) >= 11 is -2.13. The molecule has 1 saturated carbocycles. The lowest BCUT2D eigenvalue weighted by atomic mass is 9.79. The smallest absolute Gasteiger partial charge is 0.335 e. The number of benzene rings is 1. The van der Waals surface area contributed by atoms with Gasteiger partial charge in [0, 0.05) is 0 Å². The Morgan fingerprint density at radius 2 is 2.06 bits per heavy atom. The maximum Gasteiger partial charge on any atom is 0.335 e. The molecule has 1 fully saturated rings. The van der Waals surface area contributed by atoms with Crippen molar-refractivity contribution >= 4 is 17.0 Å². The van der Waals surface area contributed by atoms with Crippen molar-refractivity contribution in [2.24, 2.45) is 0 Å². The molecule has 0 amide bonds. The normalized spacial score (nSPS) is 17.5. The molecule has 0 aliphatic heterocycles. The number of aromatic carboxylic acids is 1. The van der Waals surface area contributed by atoms with Crippen LogP contribution in [0, 0.1) is 6.92 Å². The number of carboxylic acid groups (broad SMARTS) is 1. The molecule has 92 valence electrons. The molecule has 0 heterocycles. The van der Waals surface area contributed by atoms with Crippen molar-refractivity contribution in [1.82, 2.24) is 0 Å². The van der Waals surface area contributed by atoms with Gasteiger partial charge in [-0.15, -0.1) is 0 Å². The lowest BCUT2D eigenvalue weighted by Gasteiger charge is -2.27. The Morgan fingerprint density at radius 1 is 1.41 bits per heavy atom. The number of hydrogen-bond acceptors (Lipinski definition) is 2. The summed E-state index contributed by atoms with van der Waals surface area (Å²) in [5.74, 6) is -0.753. The number of carbonyl (C=O) groups is 1. The lowest BCUT2D eigenvalue weighted by Crippen LogP contribution is -2.14. The van der Waals surface area contributed by atoms with Gasteiger partial charge in [0.15, 0.2) is 11.1 Å². The number of rotatable bonds is 3. The first-order valence-corrected chi connectivity index (χ1v) is 6.60. The van der Waals surface area contributed by atoms with Gasteiger partial charge in [-0.25, -0.2) is 9.00 Å². The van der Waals surface area contributed by atoms with Gasteiger partial charge in [-0.1, -0.05) is 12.5 Å². The predicted octanol–water partition coefficient (Wildman–Crippen LogP) is 2.54. The van der Waals surface area contributed by atoms with Crippen LogP contribution in [0.2, 0.25) is 0 Å². The summed E-state index contributed by atoms with van der Waals surface area (Å²) in [6, 6.07) is 3.08. The molecule has 2 N–H and O–H groups in total. The van der Waals surface area contributed by atoms with E-state index in [9.17, 15) is 13.6 Å². The molecular weight excluding hydrogens is 240 g/mol. The number of carboxylic acids is 1. The standard InChI is InChI=1S/C12H14O4S/c1-7-5-10(8-3-2-4-8)11(17(15)16)6-9(7)12(13)14/h5-6,8H,2-4H2,1H3,(H,13,14)(H,15,16). The molecular formula is C12H14O4S. The molecule has 5 heteroatoms. The SMILES string of the molecule is Cc1cc(C2CCC2)c(S(=O)O)cc1C(=O)O. The molecule has 1 atom stereocenters. The minimum Gasteiger partial charge on any atom is -0.478 e. The van der Waals surface area contributed by atoms with Crippen molar-refractivity contribution < 1.29 is 18.7 Å². The van der Waals surface area contributed by atoms with Crippen molar-refractivity contribution in [3.63, 3.8) is 0 Å². The van der Waals surface area contributed by atoms with Crippen LogP contribution >= 0.6 is 0 Å². The van der Waals surface area contributed by atoms with Crippen molar-refractivity contribution in [2.75, 3.05) is 0 Å². The van der Waals surface area contributed by atoms with E-state index in [4.69, 9.17) is 5.11 Å². The van der Waals surface area contributed by atoms with Crippen molar-refractivity contribution in [1.29, 1.82) is 0 Å². The van der Waals surface area contributed by atoms with Crippen LogP contribution in [0.25, 0.3) is 0 Å². The van der Waals surface area contributed by atoms with Gasteiger partial charge in [-0.3, -0.25) is 0 Å². The van der Waals surface area contributed by atoms with Gasteiger partial charge in [0.2, 0.25) is 0 Å². The van der Waals surface area contributed by atoms with E-state index in [0.717, 1.165) is 24.8 Å². The van der Waals surface area contributed by atoms with E-state index in [0.29, 0.717) is 11.5 Å². The summed E-state index contributed by atoms with van der Waals surface area (Å²) < 4.78 is 20.5. The molecule has 2 rings (SSSR count). The highest BCUT2D eigenvalue weighted by Crippen LogP contribution is 2.39. The largest absolute Gasteiger partial charge is 0.478 e. The summed E-state index contributed by atoms with van der Waals surface area (Å²) in [7, 11) is 0. The molecule has 1 aliphatic rings. The van der Waals surface area contributed by atoms with Gasteiger partial charge in [0.25, 0.3) is 0 Å². The zero-order valence-corrected chi connectivity index (χ0v) is 10.3. The summed E-state index contributed by atoms with van der Waals surface area (Å²) in [6.45, 7) is 1.72. The Labute approximate surface area is 102 Å². The van der Waals surface area contributed by atoms with E-state index in [1.807, 2.05) is 0 Å². The van der Waals surface area contributed by atoms with E-state index in [-0.39, 0.29) is 10.5 Å². The summed E-state index contributed by atoms with van der Waals surface area (Å²) in [4.78, 5) is 11.2. The fourth-order valence-electron chi connectivity index (χ4n) is 2.13. The van der Waals surface area contributed by atoms with Crippen LogP contribution in [-0.2, 0) is 11.1 Å². The fraction of sp³-hybridized carbons (Fsp3) is 0.417. The molecule has 1 unspecified atom stereocenters. The highest BCUT2D eigenvalue weighted by molar-refractivity contribution is 7.79. The molecule has 0 radical (unpaired) electrons. The van der Waals surface area contributed by atoms with Gasteiger partial charge in [-0.2, -0.15) is 0 Å². The van der Waals surface area contributed by atoms with Crippen molar-refractivity contribution in [3.8, 4) is 0 Å². The Hall–Kier alpha value is -1.20. The van der Waals surface area contributed by atoms with Gasteiger partial charge >= 0.3 is 5.97 Å². The minimum absolute atomic E-state index is 0.102. The Kier molecular flexibility index (Phi) is 3.31. The average Bonchev–Trinajstić information content (AvgIpc) is 2.13. The summed E-state index contributed by atoms with van der Waals surface area (Å²) in [5, 5.41) is 8.99. The Balaban J connectivity index is 2.54. The quantitative estimate of drug-likeness (QED) is 0.813. The monoisotopic (exact) mass is 254 g/mol. The zero-order valence-electron chi connectivity index (χ0n) is 9.47. The highest BCUT2D eigenvalue weighted by Gasteiger charge is 2.25. The highest BCUT2D eigenvalue weighted by atomic mass is 32.2. The van der Waals surface area contributed by atoms with Crippen LogP contribution in [0.1, 0.15) is 46.7 Å². The van der Waals surface area contributed by atoms with Crippen LogP contribution in [-0.4, -0.2) is 19.8 Å². The lowest BCUT2D eigenvalue weighted by molar-refractivity contribution is 0.0696. The van der Waals surface area contributed by atoms with Crippen LogP contribution in [0.15, 0.2) is 17.0 Å². The third-order valence-corrected chi connectivity index (χ3v) is 4.05. The van der Waals surface area contributed by atoms with E-state index >= 15 is 0 Å². The second kappa shape index (κ2) is 4.58. The molecule has 0 saturated heterocycles. The molecule has 1 aromatic rings. The van der Waals surface area contributed by atoms with Gasteiger partial charge in [0.05, 0.1) is 10.5 Å².